The summed E-state index contributed by atoms with van der Waals surface area (Å²) < 4.78 is 5.12. The van der Waals surface area contributed by atoms with Gasteiger partial charge in [0.1, 0.15) is 22.2 Å². The van der Waals surface area contributed by atoms with E-state index in [1.807, 2.05) is 19.1 Å². The summed E-state index contributed by atoms with van der Waals surface area (Å²) in [7, 11) is 1.66. The highest BCUT2D eigenvalue weighted by molar-refractivity contribution is 7.19. The van der Waals surface area contributed by atoms with Crippen LogP contribution in [0.25, 0.3) is 10.6 Å². The van der Waals surface area contributed by atoms with E-state index in [1.54, 1.807) is 40.2 Å². The van der Waals surface area contributed by atoms with Crippen LogP contribution in [0.15, 0.2) is 24.5 Å². The molecule has 0 unspecified atom stereocenters. The van der Waals surface area contributed by atoms with Crippen molar-refractivity contribution in [2.75, 3.05) is 18.5 Å². The van der Waals surface area contributed by atoms with Gasteiger partial charge in [-0.25, -0.2) is 9.78 Å². The average Bonchev–Trinajstić information content (AvgIpc) is 2.93. The normalized spacial score (nSPS) is 11.1. The average molecular weight is 362 g/mol. The zero-order chi connectivity index (χ0) is 18.6. The molecule has 0 aliphatic carbocycles. The number of hydrogen-bond acceptors (Lipinski definition) is 6. The van der Waals surface area contributed by atoms with Gasteiger partial charge in [0.05, 0.1) is 5.69 Å². The van der Waals surface area contributed by atoms with Crippen molar-refractivity contribution in [3.05, 3.63) is 30.2 Å². The fourth-order valence-electron chi connectivity index (χ4n) is 2.01. The summed E-state index contributed by atoms with van der Waals surface area (Å²) in [6, 6.07) is 3.76. The van der Waals surface area contributed by atoms with Crippen LogP contribution < -0.4 is 10.2 Å². The molecule has 0 bridgehead atoms. The molecule has 2 heterocycles. The number of pyridine rings is 1. The van der Waals surface area contributed by atoms with Gasteiger partial charge in [0.15, 0.2) is 0 Å². The molecule has 1 N–H and O–H groups in total. The van der Waals surface area contributed by atoms with Crippen LogP contribution in [0.3, 0.4) is 0 Å². The molecule has 2 amide bonds. The molecule has 0 radical (unpaired) electrons. The molecule has 0 atom stereocenters. The second-order valence-corrected chi connectivity index (χ2v) is 7.44. The smallest absolute Gasteiger partial charge is 0.408 e. The maximum absolute atomic E-state index is 12.3. The number of anilines is 1. The number of likely N-dealkylation sites (N-methyl/N-ethyl adjacent to an activating group) is 1. The van der Waals surface area contributed by atoms with E-state index in [0.29, 0.717) is 0 Å². The number of ether oxygens (including phenoxy) is 1. The summed E-state index contributed by atoms with van der Waals surface area (Å²) >= 11 is 1.40. The van der Waals surface area contributed by atoms with Crippen LogP contribution in [0.4, 0.5) is 9.80 Å². The van der Waals surface area contributed by atoms with E-state index >= 15 is 0 Å². The molecule has 0 fully saturated rings. The van der Waals surface area contributed by atoms with E-state index in [-0.39, 0.29) is 12.5 Å². The molecule has 0 saturated heterocycles. The summed E-state index contributed by atoms with van der Waals surface area (Å²) in [5, 5.41) is 3.99. The van der Waals surface area contributed by atoms with Gasteiger partial charge in [-0.3, -0.25) is 9.78 Å². The molecule has 8 heteroatoms. The predicted octanol–water partition coefficient (Wildman–Crippen LogP) is 3.00. The first kappa shape index (κ1) is 18.9. The number of alkyl carbamates (subject to hydrolysis) is 1. The van der Waals surface area contributed by atoms with Gasteiger partial charge in [-0.1, -0.05) is 11.3 Å². The number of carbonyl (C=O) groups is 2. The minimum absolute atomic E-state index is 0.148. The summed E-state index contributed by atoms with van der Waals surface area (Å²) in [5.74, 6) is -0.254. The molecule has 0 spiro atoms. The molecule has 2 aromatic rings. The Labute approximate surface area is 151 Å². The maximum atomic E-state index is 12.3. The zero-order valence-corrected chi connectivity index (χ0v) is 15.8. The summed E-state index contributed by atoms with van der Waals surface area (Å²) in [6.45, 7) is 6.99. The summed E-state index contributed by atoms with van der Waals surface area (Å²) in [4.78, 5) is 34.1. The minimum atomic E-state index is -0.619. The fraction of sp³-hybridized carbons (Fsp3) is 0.412. The van der Waals surface area contributed by atoms with Crippen LogP contribution in [0.2, 0.25) is 0 Å². The van der Waals surface area contributed by atoms with Crippen molar-refractivity contribution in [3.63, 3.8) is 0 Å². The number of carbonyl (C=O) groups excluding carboxylic acids is 2. The lowest BCUT2D eigenvalue weighted by Crippen LogP contribution is -2.40. The quantitative estimate of drug-likeness (QED) is 0.904. The van der Waals surface area contributed by atoms with Crippen molar-refractivity contribution < 1.29 is 14.3 Å². The van der Waals surface area contributed by atoms with E-state index in [1.165, 1.54) is 16.2 Å². The Balaban J connectivity index is 2.03. The number of aryl methyl sites for hydroxylation is 1. The number of aromatic nitrogens is 2. The van der Waals surface area contributed by atoms with E-state index in [0.717, 1.165) is 21.3 Å². The number of nitrogens with one attached hydrogen (secondary N) is 1. The highest BCUT2D eigenvalue weighted by Gasteiger charge is 2.20. The fourth-order valence-corrected chi connectivity index (χ4v) is 3.04. The third kappa shape index (κ3) is 5.25. The molecule has 0 aromatic carbocycles. The third-order valence-corrected chi connectivity index (χ3v) is 4.43. The molecule has 0 saturated carbocycles. The zero-order valence-electron chi connectivity index (χ0n) is 15.0. The Hall–Kier alpha value is -2.48. The molecule has 2 rings (SSSR count). The Bertz CT molecular complexity index is 753. The van der Waals surface area contributed by atoms with Crippen molar-refractivity contribution in [2.24, 2.45) is 0 Å². The van der Waals surface area contributed by atoms with Gasteiger partial charge in [0, 0.05) is 25.0 Å². The van der Waals surface area contributed by atoms with E-state index in [9.17, 15) is 9.59 Å². The lowest BCUT2D eigenvalue weighted by Gasteiger charge is -2.20. The van der Waals surface area contributed by atoms with Gasteiger partial charge < -0.3 is 15.0 Å². The largest absolute Gasteiger partial charge is 0.444 e. The second kappa shape index (κ2) is 7.60. The predicted molar refractivity (Wildman–Crippen MR) is 97.7 cm³/mol. The first-order chi connectivity index (χ1) is 11.7. The van der Waals surface area contributed by atoms with Crippen molar-refractivity contribution in [3.8, 4) is 10.6 Å². The van der Waals surface area contributed by atoms with Gasteiger partial charge in [-0.2, -0.15) is 0 Å². The van der Waals surface area contributed by atoms with Crippen molar-refractivity contribution in [1.82, 2.24) is 15.3 Å². The SMILES string of the molecule is Cc1nc(-c2cccnc2)sc1N(C)C(=O)CNC(=O)OC(C)(C)C. The highest BCUT2D eigenvalue weighted by atomic mass is 32.1. The van der Waals surface area contributed by atoms with E-state index in [2.05, 4.69) is 15.3 Å². The molecule has 0 aliphatic heterocycles. The maximum Gasteiger partial charge on any atom is 0.408 e. The van der Waals surface area contributed by atoms with Crippen LogP contribution in [0, 0.1) is 6.92 Å². The van der Waals surface area contributed by atoms with Crippen LogP contribution >= 0.6 is 11.3 Å². The van der Waals surface area contributed by atoms with Gasteiger partial charge in [0.25, 0.3) is 0 Å². The minimum Gasteiger partial charge on any atom is -0.444 e. The molecule has 2 aromatic heterocycles. The monoisotopic (exact) mass is 362 g/mol. The Kier molecular flexibility index (Phi) is 5.73. The Morgan fingerprint density at radius 2 is 2.08 bits per heavy atom. The Morgan fingerprint density at radius 3 is 2.68 bits per heavy atom. The second-order valence-electron chi connectivity index (χ2n) is 6.46. The molecule has 0 aliphatic rings. The van der Waals surface area contributed by atoms with Crippen molar-refractivity contribution in [2.45, 2.75) is 33.3 Å². The standard InChI is InChI=1S/C17H22N4O3S/c1-11-15(25-14(20-11)12-7-6-8-18-9-12)21(5)13(22)10-19-16(23)24-17(2,3)4/h6-9H,10H2,1-5H3,(H,19,23). The first-order valence-electron chi connectivity index (χ1n) is 7.78. The van der Waals surface area contributed by atoms with Crippen LogP contribution in [-0.4, -0.2) is 41.2 Å². The van der Waals surface area contributed by atoms with Gasteiger partial charge in [-0.15, -0.1) is 0 Å². The van der Waals surface area contributed by atoms with Gasteiger partial charge in [0.2, 0.25) is 5.91 Å². The van der Waals surface area contributed by atoms with Crippen molar-refractivity contribution in [1.29, 1.82) is 0 Å². The summed E-state index contributed by atoms with van der Waals surface area (Å²) in [5.41, 5.74) is 1.04. The first-order valence-corrected chi connectivity index (χ1v) is 8.60. The van der Waals surface area contributed by atoms with Crippen molar-refractivity contribution >= 4 is 28.3 Å². The Morgan fingerprint density at radius 1 is 1.36 bits per heavy atom. The van der Waals surface area contributed by atoms with E-state index < -0.39 is 11.7 Å². The summed E-state index contributed by atoms with van der Waals surface area (Å²) in [6.07, 6.45) is 2.81. The highest BCUT2D eigenvalue weighted by Crippen LogP contribution is 2.33. The number of hydrogen-bond donors (Lipinski definition) is 1. The van der Waals surface area contributed by atoms with Gasteiger partial charge >= 0.3 is 6.09 Å². The molecule has 25 heavy (non-hydrogen) atoms. The number of thiazole rings is 1. The number of amides is 2. The lowest BCUT2D eigenvalue weighted by atomic mass is 10.2. The topological polar surface area (TPSA) is 84.4 Å². The van der Waals surface area contributed by atoms with Crippen LogP contribution in [-0.2, 0) is 9.53 Å². The molecule has 134 valence electrons. The number of nitrogens with zero attached hydrogens (tertiary/aromatic N) is 3. The van der Waals surface area contributed by atoms with Crippen LogP contribution in [0.5, 0.6) is 0 Å². The van der Waals surface area contributed by atoms with Crippen LogP contribution in [0.1, 0.15) is 26.5 Å². The number of rotatable bonds is 4. The van der Waals surface area contributed by atoms with Gasteiger partial charge in [-0.05, 0) is 39.8 Å². The molecular formula is C17H22N4O3S. The molecule has 7 nitrogen and oxygen atoms in total. The molecular weight excluding hydrogens is 340 g/mol. The lowest BCUT2D eigenvalue weighted by molar-refractivity contribution is -0.117. The van der Waals surface area contributed by atoms with E-state index in [4.69, 9.17) is 4.74 Å². The third-order valence-electron chi connectivity index (χ3n) is 3.14.